The van der Waals surface area contributed by atoms with Crippen molar-refractivity contribution in [2.45, 2.75) is 38.1 Å². The van der Waals surface area contributed by atoms with Gasteiger partial charge in [0.25, 0.3) is 0 Å². The third-order valence-electron chi connectivity index (χ3n) is 5.76. The summed E-state index contributed by atoms with van der Waals surface area (Å²) >= 11 is 3.38. The van der Waals surface area contributed by atoms with E-state index in [0.29, 0.717) is 29.7 Å². The van der Waals surface area contributed by atoms with Crippen LogP contribution in [-0.4, -0.2) is 39.4 Å². The number of nitrogens with one attached hydrogen (secondary N) is 2. The van der Waals surface area contributed by atoms with Crippen molar-refractivity contribution < 1.29 is 9.53 Å². The van der Waals surface area contributed by atoms with E-state index in [-0.39, 0.29) is 17.4 Å². The lowest BCUT2D eigenvalue weighted by molar-refractivity contribution is -0.118. The fourth-order valence-corrected chi connectivity index (χ4v) is 4.45. The van der Waals surface area contributed by atoms with E-state index in [0.717, 1.165) is 36.1 Å². The van der Waals surface area contributed by atoms with Crippen LogP contribution < -0.4 is 10.6 Å². The average molecular weight is 430 g/mol. The molecule has 0 radical (unpaired) electrons. The number of fused-ring (bicyclic) bond motifs is 4. The molecule has 0 aromatic carbocycles. The number of piperidine rings is 1. The fraction of sp³-hybridized carbons (Fsp3) is 0.421. The maximum atomic E-state index is 12.8. The standard InChI is InChI=1S/C19H20BrN5O2/c1-11-8-27-9-12-2-3-16(20)23-17(12)24-18(26)14-4-19(5-15(19)22-14)10-25-7-13(11)6-21-25/h2-3,6-7,14-15,22H,1,4-5,8-10H2,(H,23,24,26)/t14-,15+,19-/m0/s1. The van der Waals surface area contributed by atoms with Crippen LogP contribution >= 0.6 is 15.9 Å². The number of ether oxygens (including phenoxy) is 1. The Morgan fingerprint density at radius 2 is 2.22 bits per heavy atom. The molecule has 2 aromatic rings. The highest BCUT2D eigenvalue weighted by Crippen LogP contribution is 2.55. The van der Waals surface area contributed by atoms with Gasteiger partial charge < -0.3 is 15.4 Å². The number of anilines is 1. The van der Waals surface area contributed by atoms with E-state index in [9.17, 15) is 4.79 Å². The van der Waals surface area contributed by atoms with E-state index in [4.69, 9.17) is 4.74 Å². The summed E-state index contributed by atoms with van der Waals surface area (Å²) < 4.78 is 8.46. The maximum absolute atomic E-state index is 12.8. The van der Waals surface area contributed by atoms with E-state index >= 15 is 0 Å². The number of aromatic nitrogens is 3. The molecule has 3 aliphatic rings. The van der Waals surface area contributed by atoms with Crippen LogP contribution in [0.2, 0.25) is 0 Å². The van der Waals surface area contributed by atoms with Gasteiger partial charge in [0, 0.05) is 35.3 Å². The number of amides is 1. The molecule has 140 valence electrons. The van der Waals surface area contributed by atoms with E-state index < -0.39 is 0 Å². The van der Waals surface area contributed by atoms with Crippen LogP contribution in [0.15, 0.2) is 35.7 Å². The molecule has 8 heteroatoms. The summed E-state index contributed by atoms with van der Waals surface area (Å²) in [6, 6.07) is 3.91. The van der Waals surface area contributed by atoms with Gasteiger partial charge in [-0.2, -0.15) is 5.10 Å². The lowest BCUT2D eigenvalue weighted by Gasteiger charge is -2.17. The van der Waals surface area contributed by atoms with E-state index in [1.54, 1.807) is 0 Å². The van der Waals surface area contributed by atoms with Gasteiger partial charge in [-0.25, -0.2) is 4.98 Å². The maximum Gasteiger partial charge on any atom is 0.242 e. The topological polar surface area (TPSA) is 81.1 Å². The van der Waals surface area contributed by atoms with Gasteiger partial charge in [-0.1, -0.05) is 12.6 Å². The van der Waals surface area contributed by atoms with Crippen LogP contribution in [0.4, 0.5) is 5.82 Å². The Balaban J connectivity index is 1.47. The molecule has 4 heterocycles. The van der Waals surface area contributed by atoms with Crippen LogP contribution in [-0.2, 0) is 22.7 Å². The highest BCUT2D eigenvalue weighted by molar-refractivity contribution is 9.10. The molecule has 1 spiro atoms. The normalized spacial score (nSPS) is 30.0. The molecule has 1 saturated heterocycles. The number of halogens is 1. The molecule has 5 rings (SSSR count). The molecule has 0 unspecified atom stereocenters. The Labute approximate surface area is 165 Å². The number of pyridine rings is 1. The first kappa shape index (κ1) is 17.1. The summed E-state index contributed by atoms with van der Waals surface area (Å²) in [5, 5.41) is 10.9. The summed E-state index contributed by atoms with van der Waals surface area (Å²) in [4.78, 5) is 17.3. The molecule has 3 atom stereocenters. The van der Waals surface area contributed by atoms with Crippen molar-refractivity contribution >= 4 is 33.2 Å². The minimum absolute atomic E-state index is 0.0474. The average Bonchev–Trinajstić information content (AvgIpc) is 2.96. The van der Waals surface area contributed by atoms with Crippen LogP contribution in [0.3, 0.4) is 0 Å². The largest absolute Gasteiger partial charge is 0.372 e. The van der Waals surface area contributed by atoms with Crippen LogP contribution in [0.5, 0.6) is 0 Å². The zero-order chi connectivity index (χ0) is 18.6. The minimum atomic E-state index is -0.214. The van der Waals surface area contributed by atoms with Crippen LogP contribution in [0.25, 0.3) is 5.57 Å². The lowest BCUT2D eigenvalue weighted by Crippen LogP contribution is -2.38. The summed E-state index contributed by atoms with van der Waals surface area (Å²) in [6.45, 7) is 5.67. The summed E-state index contributed by atoms with van der Waals surface area (Å²) in [5.41, 5.74) is 2.82. The second-order valence-electron chi connectivity index (χ2n) is 7.70. The van der Waals surface area contributed by atoms with Crippen molar-refractivity contribution in [3.05, 3.63) is 46.8 Å². The van der Waals surface area contributed by atoms with Gasteiger partial charge in [0.2, 0.25) is 5.91 Å². The molecule has 2 N–H and O–H groups in total. The quantitative estimate of drug-likeness (QED) is 0.628. The Kier molecular flexibility index (Phi) is 3.96. The van der Waals surface area contributed by atoms with Gasteiger partial charge in [0.1, 0.15) is 10.4 Å². The van der Waals surface area contributed by atoms with Gasteiger partial charge >= 0.3 is 0 Å². The van der Waals surface area contributed by atoms with E-state index in [2.05, 4.69) is 43.2 Å². The van der Waals surface area contributed by atoms with Crippen LogP contribution in [0.1, 0.15) is 24.0 Å². The molecular weight excluding hydrogens is 410 g/mol. The number of carbonyl (C=O) groups is 1. The van der Waals surface area contributed by atoms with Crippen molar-refractivity contribution in [1.29, 1.82) is 0 Å². The first-order valence-corrected chi connectivity index (χ1v) is 9.82. The molecule has 2 fully saturated rings. The number of hydrogen-bond acceptors (Lipinski definition) is 5. The molecule has 27 heavy (non-hydrogen) atoms. The second-order valence-corrected chi connectivity index (χ2v) is 8.51. The predicted octanol–water partition coefficient (Wildman–Crippen LogP) is 2.34. The highest BCUT2D eigenvalue weighted by atomic mass is 79.9. The van der Waals surface area contributed by atoms with Gasteiger partial charge in [0.15, 0.2) is 0 Å². The molecule has 2 aliphatic heterocycles. The van der Waals surface area contributed by atoms with Gasteiger partial charge in [-0.3, -0.25) is 9.48 Å². The van der Waals surface area contributed by atoms with E-state index in [1.165, 1.54) is 0 Å². The summed E-state index contributed by atoms with van der Waals surface area (Å²) in [7, 11) is 0. The molecular formula is C19H20BrN5O2. The first-order valence-electron chi connectivity index (χ1n) is 9.03. The molecule has 7 nitrogen and oxygen atoms in total. The Bertz CT molecular complexity index is 942. The van der Waals surface area contributed by atoms with Gasteiger partial charge in [-0.05, 0) is 40.4 Å². The monoisotopic (exact) mass is 429 g/mol. The highest BCUT2D eigenvalue weighted by Gasteiger charge is 2.61. The predicted molar refractivity (Wildman–Crippen MR) is 104 cm³/mol. The van der Waals surface area contributed by atoms with Crippen molar-refractivity contribution in [2.24, 2.45) is 5.41 Å². The molecule has 1 amide bonds. The number of hydrogen-bond donors (Lipinski definition) is 2. The Hall–Kier alpha value is -2.03. The Morgan fingerprint density at radius 1 is 1.33 bits per heavy atom. The molecule has 4 bridgehead atoms. The SMILES string of the molecule is C=C1COCc2ccc(Br)nc2NC(=O)[C@@H]2C[C@]3(C[C@H]3N2)Cn2cc1cn2. The third kappa shape index (κ3) is 3.11. The van der Waals surface area contributed by atoms with Crippen molar-refractivity contribution in [1.82, 2.24) is 20.1 Å². The first-order chi connectivity index (χ1) is 13.0. The zero-order valence-corrected chi connectivity index (χ0v) is 16.3. The zero-order valence-electron chi connectivity index (χ0n) is 14.7. The number of nitrogens with zero attached hydrogens (tertiary/aromatic N) is 3. The van der Waals surface area contributed by atoms with Crippen molar-refractivity contribution in [3.63, 3.8) is 0 Å². The van der Waals surface area contributed by atoms with Gasteiger partial charge in [0.05, 0.1) is 25.5 Å². The summed E-state index contributed by atoms with van der Waals surface area (Å²) in [6.07, 6.45) is 5.75. The Morgan fingerprint density at radius 3 is 3.11 bits per heavy atom. The van der Waals surface area contributed by atoms with Gasteiger partial charge in [-0.15, -0.1) is 0 Å². The second kappa shape index (κ2) is 6.25. The number of rotatable bonds is 0. The van der Waals surface area contributed by atoms with Crippen molar-refractivity contribution in [2.75, 3.05) is 11.9 Å². The van der Waals surface area contributed by atoms with Crippen LogP contribution in [0, 0.1) is 5.41 Å². The fourth-order valence-electron chi connectivity index (χ4n) is 4.14. The molecule has 1 aliphatic carbocycles. The smallest absolute Gasteiger partial charge is 0.242 e. The number of carbonyl (C=O) groups excluding carboxylic acids is 1. The summed E-state index contributed by atoms with van der Waals surface area (Å²) in [5.74, 6) is 0.492. The minimum Gasteiger partial charge on any atom is -0.372 e. The molecule has 2 aromatic heterocycles. The third-order valence-corrected chi connectivity index (χ3v) is 6.20. The van der Waals surface area contributed by atoms with E-state index in [1.807, 2.05) is 29.2 Å². The molecule has 1 saturated carbocycles. The lowest BCUT2D eigenvalue weighted by atomic mass is 9.99. The van der Waals surface area contributed by atoms with Crippen molar-refractivity contribution in [3.8, 4) is 0 Å².